The van der Waals surface area contributed by atoms with Crippen LogP contribution in [0, 0.1) is 0 Å². The van der Waals surface area contributed by atoms with Crippen molar-refractivity contribution in [2.75, 3.05) is 18.5 Å². The van der Waals surface area contributed by atoms with Crippen molar-refractivity contribution >= 4 is 11.6 Å². The minimum atomic E-state index is -0.525. The van der Waals surface area contributed by atoms with Gasteiger partial charge in [0, 0.05) is 5.69 Å². The first-order chi connectivity index (χ1) is 9.49. The van der Waals surface area contributed by atoms with Crippen LogP contribution < -0.4 is 11.1 Å². The minimum Gasteiger partial charge on any atom is -0.376 e. The molecule has 0 bridgehead atoms. The fourth-order valence-electron chi connectivity index (χ4n) is 1.53. The second-order valence-electron chi connectivity index (χ2n) is 4.95. The first-order valence-corrected chi connectivity index (χ1v) is 6.83. The van der Waals surface area contributed by atoms with Gasteiger partial charge >= 0.3 is 0 Å². The predicted octanol–water partition coefficient (Wildman–Crippen LogP) is 1.91. The number of ether oxygens (including phenoxy) is 2. The van der Waals surface area contributed by atoms with Gasteiger partial charge in [-0.1, -0.05) is 12.1 Å². The van der Waals surface area contributed by atoms with Crippen LogP contribution in [0.15, 0.2) is 24.3 Å². The molecule has 112 valence electrons. The summed E-state index contributed by atoms with van der Waals surface area (Å²) in [7, 11) is 0. The van der Waals surface area contributed by atoms with E-state index in [0.29, 0.717) is 19.8 Å². The lowest BCUT2D eigenvalue weighted by atomic mass is 10.2. The Morgan fingerprint density at radius 1 is 1.30 bits per heavy atom. The van der Waals surface area contributed by atoms with Crippen LogP contribution in [0.1, 0.15) is 26.3 Å². The van der Waals surface area contributed by atoms with E-state index >= 15 is 0 Å². The first kappa shape index (κ1) is 16.6. The molecule has 5 heteroatoms. The number of rotatable bonds is 8. The van der Waals surface area contributed by atoms with Crippen LogP contribution in [-0.2, 0) is 20.9 Å². The molecule has 0 aromatic heterocycles. The van der Waals surface area contributed by atoms with E-state index in [9.17, 15) is 4.79 Å². The molecular weight excluding hydrogens is 256 g/mol. The molecule has 0 fully saturated rings. The van der Waals surface area contributed by atoms with Gasteiger partial charge in [0.25, 0.3) is 0 Å². The van der Waals surface area contributed by atoms with Gasteiger partial charge in [0.2, 0.25) is 5.91 Å². The molecule has 0 aliphatic rings. The zero-order valence-corrected chi connectivity index (χ0v) is 12.4. The minimum absolute atomic E-state index is 0.201. The number of nitrogens with one attached hydrogen (secondary N) is 1. The van der Waals surface area contributed by atoms with E-state index < -0.39 is 6.04 Å². The van der Waals surface area contributed by atoms with Crippen LogP contribution in [0.2, 0.25) is 0 Å². The number of carbonyl (C=O) groups is 1. The monoisotopic (exact) mass is 280 g/mol. The van der Waals surface area contributed by atoms with Gasteiger partial charge in [-0.15, -0.1) is 0 Å². The van der Waals surface area contributed by atoms with Crippen LogP contribution in [-0.4, -0.2) is 31.3 Å². The van der Waals surface area contributed by atoms with E-state index in [4.69, 9.17) is 15.2 Å². The van der Waals surface area contributed by atoms with Crippen LogP contribution in [0.4, 0.5) is 5.69 Å². The maximum atomic E-state index is 11.5. The molecule has 20 heavy (non-hydrogen) atoms. The highest BCUT2D eigenvalue weighted by atomic mass is 16.5. The maximum absolute atomic E-state index is 11.5. The van der Waals surface area contributed by atoms with Crippen molar-refractivity contribution in [1.29, 1.82) is 0 Å². The molecule has 1 atom stereocenters. The Balaban J connectivity index is 2.38. The summed E-state index contributed by atoms with van der Waals surface area (Å²) in [5.74, 6) is -0.201. The maximum Gasteiger partial charge on any atom is 0.240 e. The van der Waals surface area contributed by atoms with Gasteiger partial charge in [0.15, 0.2) is 0 Å². The molecule has 1 amide bonds. The smallest absolute Gasteiger partial charge is 0.240 e. The SMILES string of the molecule is CC(C)OCCOCc1cccc(NC(=O)[C@H](C)N)c1. The third-order valence-electron chi connectivity index (χ3n) is 2.56. The quantitative estimate of drug-likeness (QED) is 0.713. The lowest BCUT2D eigenvalue weighted by Gasteiger charge is -2.10. The van der Waals surface area contributed by atoms with Gasteiger partial charge in [-0.3, -0.25) is 4.79 Å². The predicted molar refractivity (Wildman–Crippen MR) is 79.5 cm³/mol. The Bertz CT molecular complexity index is 419. The van der Waals surface area contributed by atoms with Gasteiger partial charge in [-0.2, -0.15) is 0 Å². The summed E-state index contributed by atoms with van der Waals surface area (Å²) in [5, 5.41) is 2.75. The van der Waals surface area contributed by atoms with Crippen molar-refractivity contribution in [3.63, 3.8) is 0 Å². The Morgan fingerprint density at radius 3 is 2.70 bits per heavy atom. The summed E-state index contributed by atoms with van der Waals surface area (Å²) in [6.45, 7) is 7.25. The highest BCUT2D eigenvalue weighted by Crippen LogP contribution is 2.11. The number of hydrogen-bond donors (Lipinski definition) is 2. The van der Waals surface area contributed by atoms with Gasteiger partial charge in [-0.05, 0) is 38.5 Å². The highest BCUT2D eigenvalue weighted by Gasteiger charge is 2.07. The molecule has 0 heterocycles. The van der Waals surface area contributed by atoms with Crippen molar-refractivity contribution in [2.45, 2.75) is 39.5 Å². The normalized spacial score (nSPS) is 12.4. The average molecular weight is 280 g/mol. The lowest BCUT2D eigenvalue weighted by Crippen LogP contribution is -2.32. The number of carbonyl (C=O) groups excluding carboxylic acids is 1. The van der Waals surface area contributed by atoms with E-state index in [1.54, 1.807) is 6.92 Å². The number of amides is 1. The first-order valence-electron chi connectivity index (χ1n) is 6.83. The third-order valence-corrected chi connectivity index (χ3v) is 2.56. The Labute approximate surface area is 120 Å². The Hall–Kier alpha value is -1.43. The van der Waals surface area contributed by atoms with Crippen molar-refractivity contribution in [3.8, 4) is 0 Å². The van der Waals surface area contributed by atoms with Gasteiger partial charge in [-0.25, -0.2) is 0 Å². The van der Waals surface area contributed by atoms with E-state index in [1.807, 2.05) is 38.1 Å². The van der Waals surface area contributed by atoms with E-state index in [0.717, 1.165) is 11.3 Å². The fourth-order valence-corrected chi connectivity index (χ4v) is 1.53. The van der Waals surface area contributed by atoms with Gasteiger partial charge in [0.1, 0.15) is 0 Å². The highest BCUT2D eigenvalue weighted by molar-refractivity contribution is 5.94. The standard InChI is InChI=1S/C15H24N2O3/c1-11(2)20-8-7-19-10-13-5-4-6-14(9-13)17-15(18)12(3)16/h4-6,9,11-12H,7-8,10,16H2,1-3H3,(H,17,18)/t12-/m0/s1. The average Bonchev–Trinajstić information content (AvgIpc) is 2.38. The molecule has 0 spiro atoms. The van der Waals surface area contributed by atoms with Crippen LogP contribution >= 0.6 is 0 Å². The number of anilines is 1. The summed E-state index contributed by atoms with van der Waals surface area (Å²) in [4.78, 5) is 11.5. The summed E-state index contributed by atoms with van der Waals surface area (Å²) in [5.41, 5.74) is 7.23. The van der Waals surface area contributed by atoms with Crippen molar-refractivity contribution in [3.05, 3.63) is 29.8 Å². The number of hydrogen-bond acceptors (Lipinski definition) is 4. The molecule has 0 saturated carbocycles. The second-order valence-corrected chi connectivity index (χ2v) is 4.95. The van der Waals surface area contributed by atoms with E-state index in [-0.39, 0.29) is 12.0 Å². The summed E-state index contributed by atoms with van der Waals surface area (Å²) in [6.07, 6.45) is 0.218. The molecule has 5 nitrogen and oxygen atoms in total. The molecule has 0 aliphatic heterocycles. The van der Waals surface area contributed by atoms with E-state index in [2.05, 4.69) is 5.32 Å². The molecule has 0 saturated heterocycles. The molecule has 3 N–H and O–H groups in total. The van der Waals surface area contributed by atoms with Crippen molar-refractivity contribution < 1.29 is 14.3 Å². The molecule has 0 aliphatic carbocycles. The summed E-state index contributed by atoms with van der Waals surface area (Å²) in [6, 6.07) is 7.00. The van der Waals surface area contributed by atoms with Crippen LogP contribution in [0.5, 0.6) is 0 Å². The summed E-state index contributed by atoms with van der Waals surface area (Å²) < 4.78 is 10.9. The number of nitrogens with two attached hydrogens (primary N) is 1. The largest absolute Gasteiger partial charge is 0.376 e. The molecule has 1 rings (SSSR count). The number of benzene rings is 1. The molecular formula is C15H24N2O3. The summed E-state index contributed by atoms with van der Waals surface area (Å²) >= 11 is 0. The zero-order chi connectivity index (χ0) is 15.0. The lowest BCUT2D eigenvalue weighted by molar-refractivity contribution is -0.117. The molecule has 0 unspecified atom stereocenters. The van der Waals surface area contributed by atoms with Gasteiger partial charge < -0.3 is 20.5 Å². The fraction of sp³-hybridized carbons (Fsp3) is 0.533. The van der Waals surface area contributed by atoms with Crippen LogP contribution in [0.3, 0.4) is 0 Å². The second kappa shape index (κ2) is 8.68. The van der Waals surface area contributed by atoms with E-state index in [1.165, 1.54) is 0 Å². The Morgan fingerprint density at radius 2 is 2.05 bits per heavy atom. The molecule has 0 radical (unpaired) electrons. The molecule has 1 aromatic carbocycles. The Kier molecular flexibility index (Phi) is 7.22. The molecule has 1 aromatic rings. The topological polar surface area (TPSA) is 73.6 Å². The van der Waals surface area contributed by atoms with Crippen molar-refractivity contribution in [1.82, 2.24) is 0 Å². The van der Waals surface area contributed by atoms with Crippen molar-refractivity contribution in [2.24, 2.45) is 5.73 Å². The van der Waals surface area contributed by atoms with Crippen LogP contribution in [0.25, 0.3) is 0 Å². The van der Waals surface area contributed by atoms with Gasteiger partial charge in [0.05, 0.1) is 32.0 Å². The third kappa shape index (κ3) is 6.65. The zero-order valence-electron chi connectivity index (χ0n) is 12.4.